The minimum absolute atomic E-state index is 0. The average molecular weight is 463 g/mol. The second kappa shape index (κ2) is 9.92. The fraction of sp³-hybridized carbons (Fsp3) is 0.250. The molecule has 0 fully saturated rings. The van der Waals surface area contributed by atoms with E-state index in [-0.39, 0.29) is 36.6 Å². The smallest absolute Gasteiger partial charge is 0.189 e. The highest BCUT2D eigenvalue weighted by atomic mass is 127. The third kappa shape index (κ3) is 5.05. The van der Waals surface area contributed by atoms with Gasteiger partial charge < -0.3 is 20.5 Å². The van der Waals surface area contributed by atoms with Crippen LogP contribution < -0.4 is 20.5 Å². The first-order valence-electron chi connectivity index (χ1n) is 8.20. The van der Waals surface area contributed by atoms with Gasteiger partial charge in [0.25, 0.3) is 0 Å². The number of guanidine groups is 1. The lowest BCUT2D eigenvalue weighted by atomic mass is 10.0. The van der Waals surface area contributed by atoms with E-state index < -0.39 is 0 Å². The van der Waals surface area contributed by atoms with Gasteiger partial charge in [0.05, 0.1) is 19.2 Å². The molecule has 1 heterocycles. The summed E-state index contributed by atoms with van der Waals surface area (Å²) >= 11 is 0. The Balaban J connectivity index is 0.00000243. The van der Waals surface area contributed by atoms with E-state index >= 15 is 0 Å². The number of hydrogen-bond acceptors (Lipinski definition) is 3. The highest BCUT2D eigenvalue weighted by Gasteiger charge is 2.21. The van der Waals surface area contributed by atoms with Gasteiger partial charge in [-0.05, 0) is 12.1 Å². The van der Waals surface area contributed by atoms with Crippen molar-refractivity contribution in [2.45, 2.75) is 19.0 Å². The van der Waals surface area contributed by atoms with Crippen molar-refractivity contribution in [1.29, 1.82) is 0 Å². The van der Waals surface area contributed by atoms with E-state index in [1.165, 1.54) is 0 Å². The molecule has 0 amide bonds. The summed E-state index contributed by atoms with van der Waals surface area (Å²) < 4.78 is 11.2. The number of nitrogens with one attached hydrogen (secondary N) is 1. The van der Waals surface area contributed by atoms with E-state index in [2.05, 4.69) is 16.2 Å². The van der Waals surface area contributed by atoms with Crippen LogP contribution >= 0.6 is 24.0 Å². The molecule has 0 aromatic heterocycles. The first kappa shape index (κ1) is 19.9. The third-order valence-corrected chi connectivity index (χ3v) is 3.98. The summed E-state index contributed by atoms with van der Waals surface area (Å²) in [5.74, 6) is 4.49. The molecule has 0 saturated carbocycles. The van der Waals surface area contributed by atoms with E-state index in [0.29, 0.717) is 19.1 Å². The Labute approximate surface area is 171 Å². The highest BCUT2D eigenvalue weighted by Crippen LogP contribution is 2.31. The molecule has 0 saturated heterocycles. The number of nitrogens with zero attached hydrogens (tertiary/aromatic N) is 1. The second-order valence-corrected chi connectivity index (χ2v) is 5.67. The van der Waals surface area contributed by atoms with E-state index in [4.69, 9.17) is 21.6 Å². The van der Waals surface area contributed by atoms with Gasteiger partial charge >= 0.3 is 0 Å². The van der Waals surface area contributed by atoms with Crippen LogP contribution in [0.2, 0.25) is 0 Å². The van der Waals surface area contributed by atoms with Crippen LogP contribution in [-0.2, 0) is 6.54 Å². The molecule has 1 atom stereocenters. The number of terminal acetylenes is 1. The minimum Gasteiger partial charge on any atom is -0.493 e. The Hall–Kier alpha value is -2.40. The van der Waals surface area contributed by atoms with Gasteiger partial charge in [-0.15, -0.1) is 30.4 Å². The van der Waals surface area contributed by atoms with Gasteiger partial charge in [0.15, 0.2) is 5.96 Å². The molecule has 1 aliphatic heterocycles. The molecule has 3 rings (SSSR count). The van der Waals surface area contributed by atoms with Crippen molar-refractivity contribution in [2.75, 3.05) is 13.2 Å². The molecule has 0 aliphatic carbocycles. The van der Waals surface area contributed by atoms with Crippen molar-refractivity contribution in [2.24, 2.45) is 10.7 Å². The Bertz CT molecular complexity index is 802. The van der Waals surface area contributed by atoms with Crippen molar-refractivity contribution in [3.63, 3.8) is 0 Å². The first-order chi connectivity index (χ1) is 12.3. The summed E-state index contributed by atoms with van der Waals surface area (Å²) in [6.07, 6.45) is 6.09. The molecule has 1 aliphatic rings. The molecule has 0 spiro atoms. The third-order valence-electron chi connectivity index (χ3n) is 3.98. The number of aliphatic imine (C=N–C) groups is 1. The van der Waals surface area contributed by atoms with E-state index in [0.717, 1.165) is 29.0 Å². The highest BCUT2D eigenvalue weighted by molar-refractivity contribution is 14.0. The minimum atomic E-state index is 0. The quantitative estimate of drug-likeness (QED) is 0.309. The normalized spacial score (nSPS) is 15.7. The van der Waals surface area contributed by atoms with Gasteiger partial charge in [-0.3, -0.25) is 0 Å². The monoisotopic (exact) mass is 463 g/mol. The van der Waals surface area contributed by atoms with Crippen LogP contribution in [0.15, 0.2) is 53.5 Å². The van der Waals surface area contributed by atoms with Crippen LogP contribution in [0, 0.1) is 12.3 Å². The van der Waals surface area contributed by atoms with Gasteiger partial charge in [-0.25, -0.2) is 4.99 Å². The molecule has 1 unspecified atom stereocenters. The summed E-state index contributed by atoms with van der Waals surface area (Å²) in [7, 11) is 0. The topological polar surface area (TPSA) is 68.9 Å². The molecule has 2 aromatic rings. The zero-order valence-corrected chi connectivity index (χ0v) is 16.7. The number of rotatable bonds is 5. The molecule has 2 aromatic carbocycles. The predicted molar refractivity (Wildman–Crippen MR) is 114 cm³/mol. The van der Waals surface area contributed by atoms with Crippen molar-refractivity contribution in [1.82, 2.24) is 5.32 Å². The zero-order valence-electron chi connectivity index (χ0n) is 14.4. The summed E-state index contributed by atoms with van der Waals surface area (Å²) in [6, 6.07) is 15.7. The second-order valence-electron chi connectivity index (χ2n) is 5.67. The van der Waals surface area contributed by atoms with Gasteiger partial charge in [0.2, 0.25) is 0 Å². The van der Waals surface area contributed by atoms with Gasteiger partial charge in [-0.1, -0.05) is 42.3 Å². The molecular formula is C20H22IN3O2. The average Bonchev–Trinajstić information content (AvgIpc) is 2.65. The number of benzene rings is 2. The number of para-hydroxylation sites is 2. The number of hydrogen-bond donors (Lipinski definition) is 2. The molecule has 26 heavy (non-hydrogen) atoms. The van der Waals surface area contributed by atoms with Crippen LogP contribution in [0.3, 0.4) is 0 Å². The van der Waals surface area contributed by atoms with Crippen LogP contribution in [0.5, 0.6) is 11.5 Å². The van der Waals surface area contributed by atoms with Crippen LogP contribution in [0.25, 0.3) is 0 Å². The van der Waals surface area contributed by atoms with Gasteiger partial charge in [-0.2, -0.15) is 0 Å². The Morgan fingerprint density at radius 2 is 2.04 bits per heavy atom. The number of nitrogens with two attached hydrogens (primary N) is 1. The van der Waals surface area contributed by atoms with Crippen molar-refractivity contribution in [3.8, 4) is 23.8 Å². The van der Waals surface area contributed by atoms with Crippen molar-refractivity contribution < 1.29 is 9.47 Å². The first-order valence-corrected chi connectivity index (χ1v) is 8.20. The SMILES string of the molecule is C#CCOc1ccccc1CN=C(N)NC1CCOc2ccccc21.I. The summed E-state index contributed by atoms with van der Waals surface area (Å²) in [4.78, 5) is 4.44. The number of fused-ring (bicyclic) bond motifs is 1. The maximum atomic E-state index is 6.08. The zero-order chi connectivity index (χ0) is 17.5. The number of ether oxygens (including phenoxy) is 2. The summed E-state index contributed by atoms with van der Waals surface area (Å²) in [5.41, 5.74) is 8.13. The lowest BCUT2D eigenvalue weighted by Crippen LogP contribution is -2.37. The van der Waals surface area contributed by atoms with E-state index in [9.17, 15) is 0 Å². The van der Waals surface area contributed by atoms with Crippen LogP contribution in [0.1, 0.15) is 23.6 Å². The molecule has 136 valence electrons. The van der Waals surface area contributed by atoms with E-state index in [1.54, 1.807) is 0 Å². The lowest BCUT2D eigenvalue weighted by Gasteiger charge is -2.26. The van der Waals surface area contributed by atoms with Gasteiger partial charge in [0, 0.05) is 17.5 Å². The Kier molecular flexibility index (Phi) is 7.60. The molecular weight excluding hydrogens is 441 g/mol. The standard InChI is InChI=1S/C20H21N3O2.HI/c1-2-12-24-18-9-5-3-7-15(18)14-22-20(21)23-17-11-13-25-19-10-6-4-8-16(17)19;/h1,3-10,17H,11-14H2,(H3,21,22,23);1H. The Morgan fingerprint density at radius 3 is 2.88 bits per heavy atom. The fourth-order valence-corrected chi connectivity index (χ4v) is 2.78. The summed E-state index contributed by atoms with van der Waals surface area (Å²) in [5, 5.41) is 3.28. The maximum absolute atomic E-state index is 6.08. The van der Waals surface area contributed by atoms with Crippen LogP contribution in [0.4, 0.5) is 0 Å². The molecule has 0 bridgehead atoms. The maximum Gasteiger partial charge on any atom is 0.189 e. The molecule has 3 N–H and O–H groups in total. The van der Waals surface area contributed by atoms with Gasteiger partial charge in [0.1, 0.15) is 18.1 Å². The fourth-order valence-electron chi connectivity index (χ4n) is 2.78. The molecule has 0 radical (unpaired) electrons. The van der Waals surface area contributed by atoms with Crippen molar-refractivity contribution in [3.05, 3.63) is 59.7 Å². The number of halogens is 1. The largest absolute Gasteiger partial charge is 0.493 e. The van der Waals surface area contributed by atoms with E-state index in [1.807, 2.05) is 48.5 Å². The molecule has 5 nitrogen and oxygen atoms in total. The Morgan fingerprint density at radius 1 is 1.27 bits per heavy atom. The molecule has 6 heteroatoms. The summed E-state index contributed by atoms with van der Waals surface area (Å²) in [6.45, 7) is 1.31. The predicted octanol–water partition coefficient (Wildman–Crippen LogP) is 3.24. The lowest BCUT2D eigenvalue weighted by molar-refractivity contribution is 0.262. The van der Waals surface area contributed by atoms with Crippen molar-refractivity contribution >= 4 is 29.9 Å². The van der Waals surface area contributed by atoms with Crippen LogP contribution in [-0.4, -0.2) is 19.2 Å².